The highest BCUT2D eigenvalue weighted by Gasteiger charge is 2.36. The van der Waals surface area contributed by atoms with Crippen molar-refractivity contribution in [2.75, 3.05) is 25.9 Å². The lowest BCUT2D eigenvalue weighted by atomic mass is 9.73. The first kappa shape index (κ1) is 19.6. The molecule has 6 atom stereocenters. The fourth-order valence-electron chi connectivity index (χ4n) is 2.98. The van der Waals surface area contributed by atoms with Crippen molar-refractivity contribution in [3.05, 3.63) is 0 Å². The minimum atomic E-state index is -0.290. The van der Waals surface area contributed by atoms with Gasteiger partial charge in [0.1, 0.15) is 33.6 Å². The van der Waals surface area contributed by atoms with Gasteiger partial charge in [-0.15, -0.1) is 0 Å². The monoisotopic (exact) mass is 344 g/mol. The van der Waals surface area contributed by atoms with Gasteiger partial charge in [-0.2, -0.15) is 12.6 Å². The molecule has 0 aromatic heterocycles. The molecular weight excluding hydrogens is 318 g/mol. The van der Waals surface area contributed by atoms with E-state index in [-0.39, 0.29) is 49.8 Å². The number of aliphatic hydroxyl groups is 1. The van der Waals surface area contributed by atoms with Crippen LogP contribution in [0.25, 0.3) is 0 Å². The molecule has 2 radical (unpaired) electrons. The molecule has 130 valence electrons. The Morgan fingerprint density at radius 2 is 1.65 bits per heavy atom. The maximum Gasteiger partial charge on any atom is 0.147 e. The predicted octanol–water partition coefficient (Wildman–Crippen LogP) is 0.345. The predicted molar refractivity (Wildman–Crippen MR) is 91.3 cm³/mol. The molecule has 2 unspecified atom stereocenters. The van der Waals surface area contributed by atoms with Crippen molar-refractivity contribution in [1.29, 1.82) is 0 Å². The van der Waals surface area contributed by atoms with E-state index < -0.39 is 0 Å². The van der Waals surface area contributed by atoms with Crippen LogP contribution in [-0.4, -0.2) is 82.0 Å². The molecule has 2 rings (SSSR count). The molecule has 23 heavy (non-hydrogen) atoms. The molecule has 2 fully saturated rings. The fraction of sp³-hybridized carbons (Fsp3) is 1.00. The van der Waals surface area contributed by atoms with E-state index in [1.54, 1.807) is 0 Å². The van der Waals surface area contributed by atoms with Crippen LogP contribution in [0.4, 0.5) is 0 Å². The minimum Gasteiger partial charge on any atom is -0.394 e. The third kappa shape index (κ3) is 5.63. The highest BCUT2D eigenvalue weighted by molar-refractivity contribution is 7.80. The summed E-state index contributed by atoms with van der Waals surface area (Å²) in [5.41, 5.74) is 0. The van der Waals surface area contributed by atoms with Crippen molar-refractivity contribution in [2.24, 2.45) is 0 Å². The first-order valence-corrected chi connectivity index (χ1v) is 8.77. The maximum absolute atomic E-state index is 9.32. The molecule has 0 aromatic carbocycles. The number of hydrogen-bond donors (Lipinski definition) is 2. The molecule has 0 spiro atoms. The van der Waals surface area contributed by atoms with Gasteiger partial charge in [0, 0.05) is 12.0 Å². The standard InChI is InChI=1S/C14H26B2O6S/c1-15-13-3-9(11(5-17)21-13)19-7-18-6-12-10(20-8-23)4-14(16-2)22-12/h9-14,17,23H,3-8H2,1-2H3/t9?,10?,11-,12-,13-,14-/m1/s1. The van der Waals surface area contributed by atoms with Crippen LogP contribution in [-0.2, 0) is 23.7 Å². The van der Waals surface area contributed by atoms with E-state index in [9.17, 15) is 5.11 Å². The zero-order valence-corrected chi connectivity index (χ0v) is 14.7. The van der Waals surface area contributed by atoms with Gasteiger partial charge < -0.3 is 28.8 Å². The fourth-order valence-corrected chi connectivity index (χ4v) is 3.17. The third-order valence-corrected chi connectivity index (χ3v) is 4.47. The van der Waals surface area contributed by atoms with Crippen molar-refractivity contribution >= 4 is 27.2 Å². The van der Waals surface area contributed by atoms with Crippen molar-refractivity contribution < 1.29 is 28.8 Å². The molecule has 9 heteroatoms. The van der Waals surface area contributed by atoms with Crippen molar-refractivity contribution in [2.45, 2.75) is 62.9 Å². The molecule has 0 aromatic rings. The molecule has 0 bridgehead atoms. The van der Waals surface area contributed by atoms with E-state index in [1.165, 1.54) is 0 Å². The summed E-state index contributed by atoms with van der Waals surface area (Å²) in [5, 5.41) is 9.32. The summed E-state index contributed by atoms with van der Waals surface area (Å²) in [6, 6.07) is 0.126. The van der Waals surface area contributed by atoms with Crippen molar-refractivity contribution in [3.8, 4) is 0 Å². The van der Waals surface area contributed by atoms with E-state index in [0.29, 0.717) is 12.5 Å². The van der Waals surface area contributed by atoms with Crippen LogP contribution in [0.2, 0.25) is 13.6 Å². The van der Waals surface area contributed by atoms with Gasteiger partial charge in [0.25, 0.3) is 0 Å². The molecule has 2 aliphatic heterocycles. The van der Waals surface area contributed by atoms with Crippen LogP contribution < -0.4 is 0 Å². The van der Waals surface area contributed by atoms with Crippen molar-refractivity contribution in [1.82, 2.24) is 0 Å². The first-order valence-electron chi connectivity index (χ1n) is 8.14. The second-order valence-corrected chi connectivity index (χ2v) is 6.03. The second-order valence-electron chi connectivity index (χ2n) is 5.77. The molecule has 1 N–H and O–H groups in total. The Labute approximate surface area is 145 Å². The van der Waals surface area contributed by atoms with Gasteiger partial charge in [0.2, 0.25) is 0 Å². The number of hydrogen-bond acceptors (Lipinski definition) is 7. The molecule has 6 nitrogen and oxygen atoms in total. The Hall–Kier alpha value is 0.240. The van der Waals surface area contributed by atoms with E-state index in [1.807, 2.05) is 28.2 Å². The highest BCUT2D eigenvalue weighted by Crippen LogP contribution is 2.24. The summed E-state index contributed by atoms with van der Waals surface area (Å²) in [4.78, 5) is 0. The summed E-state index contributed by atoms with van der Waals surface area (Å²) in [6.45, 7) is 4.42. The Morgan fingerprint density at radius 3 is 2.22 bits per heavy atom. The summed E-state index contributed by atoms with van der Waals surface area (Å²) in [5.74, 6) is 0.365. The van der Waals surface area contributed by atoms with Gasteiger partial charge in [-0.1, -0.05) is 13.6 Å². The zero-order chi connectivity index (χ0) is 16.7. The first-order chi connectivity index (χ1) is 11.2. The van der Waals surface area contributed by atoms with Crippen LogP contribution in [0.15, 0.2) is 0 Å². The average Bonchev–Trinajstić information content (AvgIpc) is 3.15. The molecule has 2 aliphatic rings. The summed E-state index contributed by atoms with van der Waals surface area (Å²) < 4.78 is 28.4. The van der Waals surface area contributed by atoms with Gasteiger partial charge in [-0.3, -0.25) is 0 Å². The number of rotatable bonds is 10. The van der Waals surface area contributed by atoms with Gasteiger partial charge in [0.05, 0.1) is 31.4 Å². The van der Waals surface area contributed by atoms with Crippen LogP contribution in [0.3, 0.4) is 0 Å². The lowest BCUT2D eigenvalue weighted by Crippen LogP contribution is -2.32. The Morgan fingerprint density at radius 1 is 1.04 bits per heavy atom. The SMILES string of the molecule is C[B][C@H]1CC(OCOC[C@H]2O[C@@H]([B]C)CC2OCS)[C@@H](CO)O1. The molecule has 0 amide bonds. The van der Waals surface area contributed by atoms with E-state index in [4.69, 9.17) is 23.7 Å². The number of ether oxygens (including phenoxy) is 5. The minimum absolute atomic E-state index is 0.00669. The molecule has 2 heterocycles. The molecule has 2 saturated heterocycles. The molecular formula is C14H26B2O6S. The lowest BCUT2D eigenvalue weighted by Gasteiger charge is -2.20. The smallest absolute Gasteiger partial charge is 0.147 e. The molecule has 0 saturated carbocycles. The van der Waals surface area contributed by atoms with Crippen molar-refractivity contribution in [3.63, 3.8) is 0 Å². The lowest BCUT2D eigenvalue weighted by molar-refractivity contribution is -0.137. The Balaban J connectivity index is 1.68. The normalized spacial score (nSPS) is 37.2. The Bertz CT molecular complexity index is 340. The van der Waals surface area contributed by atoms with Crippen LogP contribution in [0.5, 0.6) is 0 Å². The largest absolute Gasteiger partial charge is 0.394 e. The number of aliphatic hydroxyl groups excluding tert-OH is 1. The third-order valence-electron chi connectivity index (χ3n) is 4.32. The second kappa shape index (κ2) is 10.3. The van der Waals surface area contributed by atoms with Crippen LogP contribution in [0, 0.1) is 0 Å². The molecule has 0 aliphatic carbocycles. The van der Waals surface area contributed by atoms with E-state index in [2.05, 4.69) is 12.6 Å². The van der Waals surface area contributed by atoms with Gasteiger partial charge in [-0.05, 0) is 12.8 Å². The van der Waals surface area contributed by atoms with Gasteiger partial charge >= 0.3 is 0 Å². The average molecular weight is 344 g/mol. The maximum atomic E-state index is 9.32. The topological polar surface area (TPSA) is 66.4 Å². The van der Waals surface area contributed by atoms with Crippen LogP contribution in [0.1, 0.15) is 12.8 Å². The highest BCUT2D eigenvalue weighted by atomic mass is 32.1. The van der Waals surface area contributed by atoms with Crippen LogP contribution >= 0.6 is 12.6 Å². The summed E-state index contributed by atoms with van der Waals surface area (Å²) in [6.07, 6.45) is 1.01. The quantitative estimate of drug-likeness (QED) is 0.258. The Kier molecular flexibility index (Phi) is 8.74. The summed E-state index contributed by atoms with van der Waals surface area (Å²) in [7, 11) is 3.99. The number of thiol groups is 1. The van der Waals surface area contributed by atoms with Gasteiger partial charge in [-0.25, -0.2) is 0 Å². The summed E-state index contributed by atoms with van der Waals surface area (Å²) >= 11 is 4.11. The van der Waals surface area contributed by atoms with E-state index in [0.717, 1.165) is 12.8 Å². The zero-order valence-electron chi connectivity index (χ0n) is 13.8. The van der Waals surface area contributed by atoms with Gasteiger partial charge in [0.15, 0.2) is 0 Å². The van der Waals surface area contributed by atoms with E-state index >= 15 is 0 Å².